The Bertz CT molecular complexity index is 543. The van der Waals surface area contributed by atoms with Crippen molar-refractivity contribution in [3.05, 3.63) is 40.9 Å². The van der Waals surface area contributed by atoms with Crippen molar-refractivity contribution in [3.63, 3.8) is 0 Å². The maximum Gasteiger partial charge on any atom is 0.123 e. The van der Waals surface area contributed by atoms with Crippen molar-refractivity contribution in [3.8, 4) is 10.6 Å². The van der Waals surface area contributed by atoms with Crippen LogP contribution in [0.15, 0.2) is 29.6 Å². The van der Waals surface area contributed by atoms with Crippen molar-refractivity contribution in [2.75, 3.05) is 6.61 Å². The van der Waals surface area contributed by atoms with Gasteiger partial charge in [0, 0.05) is 16.4 Å². The second-order valence-electron chi connectivity index (χ2n) is 4.79. The lowest BCUT2D eigenvalue weighted by atomic mass is 10.1. The number of aromatic nitrogens is 1. The normalized spacial score (nSPS) is 17.1. The molecule has 2 aromatic rings. The highest BCUT2D eigenvalue weighted by Gasteiger charge is 2.45. The second-order valence-corrected chi connectivity index (χ2v) is 5.65. The van der Waals surface area contributed by atoms with E-state index in [9.17, 15) is 5.11 Å². The molecule has 0 radical (unpaired) electrons. The third kappa shape index (κ3) is 1.79. The van der Waals surface area contributed by atoms with Gasteiger partial charge in [-0.05, 0) is 25.3 Å². The zero-order chi connectivity index (χ0) is 11.9. The minimum atomic E-state index is -0.0164. The van der Waals surface area contributed by atoms with Crippen molar-refractivity contribution in [1.29, 1.82) is 0 Å². The maximum atomic E-state index is 9.41. The van der Waals surface area contributed by atoms with Gasteiger partial charge in [-0.2, -0.15) is 0 Å². The summed E-state index contributed by atoms with van der Waals surface area (Å²) in [6.07, 6.45) is 2.14. The Kier molecular flexibility index (Phi) is 2.53. The predicted octanol–water partition coefficient (Wildman–Crippen LogP) is 3.14. The third-order valence-electron chi connectivity index (χ3n) is 3.58. The number of hydrogen-bond donors (Lipinski definition) is 1. The fourth-order valence-corrected chi connectivity index (χ4v) is 3.13. The number of thiazole rings is 1. The van der Waals surface area contributed by atoms with Gasteiger partial charge in [-0.1, -0.05) is 24.3 Å². The van der Waals surface area contributed by atoms with Gasteiger partial charge in [0.05, 0.1) is 12.3 Å². The molecule has 0 unspecified atom stereocenters. The Morgan fingerprint density at radius 1 is 1.35 bits per heavy atom. The van der Waals surface area contributed by atoms with Crippen LogP contribution in [0.4, 0.5) is 0 Å². The van der Waals surface area contributed by atoms with Gasteiger partial charge in [0.15, 0.2) is 0 Å². The fraction of sp³-hybridized carbons (Fsp3) is 0.357. The Morgan fingerprint density at radius 3 is 2.76 bits per heavy atom. The lowest BCUT2D eigenvalue weighted by Crippen LogP contribution is -2.12. The van der Waals surface area contributed by atoms with Crippen LogP contribution in [-0.2, 0) is 5.41 Å². The Balaban J connectivity index is 1.99. The first-order valence-corrected chi connectivity index (χ1v) is 6.76. The number of aliphatic hydroxyl groups is 1. The minimum Gasteiger partial charge on any atom is -0.395 e. The van der Waals surface area contributed by atoms with Gasteiger partial charge >= 0.3 is 0 Å². The predicted molar refractivity (Wildman–Crippen MR) is 70.3 cm³/mol. The molecule has 2 nitrogen and oxygen atoms in total. The quantitative estimate of drug-likeness (QED) is 0.901. The smallest absolute Gasteiger partial charge is 0.123 e. The molecule has 1 aromatic heterocycles. The molecule has 1 heterocycles. The molecule has 0 aliphatic heterocycles. The molecule has 0 amide bonds. The summed E-state index contributed by atoms with van der Waals surface area (Å²) in [5, 5.41) is 12.6. The second kappa shape index (κ2) is 3.93. The summed E-state index contributed by atoms with van der Waals surface area (Å²) in [4.78, 5) is 4.70. The van der Waals surface area contributed by atoms with E-state index in [0.717, 1.165) is 23.5 Å². The molecule has 1 aliphatic rings. The number of nitrogens with zero attached hydrogens (tertiary/aromatic N) is 1. The molecular formula is C14H15NOS. The van der Waals surface area contributed by atoms with Gasteiger partial charge in [-0.3, -0.25) is 0 Å². The summed E-state index contributed by atoms with van der Waals surface area (Å²) in [7, 11) is 0. The molecule has 0 atom stereocenters. The molecule has 17 heavy (non-hydrogen) atoms. The van der Waals surface area contributed by atoms with Crippen LogP contribution in [0.25, 0.3) is 10.6 Å². The number of benzene rings is 1. The van der Waals surface area contributed by atoms with Gasteiger partial charge in [-0.15, -0.1) is 11.3 Å². The summed E-state index contributed by atoms with van der Waals surface area (Å²) in [6.45, 7) is 2.33. The van der Waals surface area contributed by atoms with Gasteiger partial charge in [-0.25, -0.2) is 4.98 Å². The standard InChI is InChI=1S/C14H15NOS/c1-10-4-2-3-5-11(10)13-15-12(8-17-13)14(9-16)6-7-14/h2-5,8,16H,6-7,9H2,1H3. The van der Waals surface area contributed by atoms with E-state index in [4.69, 9.17) is 4.98 Å². The van der Waals surface area contributed by atoms with E-state index in [0.29, 0.717) is 0 Å². The average Bonchev–Trinajstić information content (AvgIpc) is 3.00. The largest absolute Gasteiger partial charge is 0.395 e. The topological polar surface area (TPSA) is 33.1 Å². The molecule has 1 saturated carbocycles. The highest BCUT2D eigenvalue weighted by molar-refractivity contribution is 7.13. The monoisotopic (exact) mass is 245 g/mol. The first kappa shape index (κ1) is 10.9. The molecule has 88 valence electrons. The lowest BCUT2D eigenvalue weighted by molar-refractivity contribution is 0.253. The van der Waals surface area contributed by atoms with Crippen molar-refractivity contribution >= 4 is 11.3 Å². The average molecular weight is 245 g/mol. The molecule has 1 N–H and O–H groups in total. The highest BCUT2D eigenvalue weighted by Crippen LogP contribution is 2.48. The van der Waals surface area contributed by atoms with E-state index in [-0.39, 0.29) is 12.0 Å². The van der Waals surface area contributed by atoms with Crippen LogP contribution in [0.3, 0.4) is 0 Å². The van der Waals surface area contributed by atoms with Crippen LogP contribution in [-0.4, -0.2) is 16.7 Å². The molecular weight excluding hydrogens is 230 g/mol. The van der Waals surface area contributed by atoms with E-state index in [1.807, 2.05) is 12.1 Å². The minimum absolute atomic E-state index is 0.0164. The van der Waals surface area contributed by atoms with Crippen LogP contribution < -0.4 is 0 Å². The van der Waals surface area contributed by atoms with E-state index in [1.165, 1.54) is 11.1 Å². The first-order chi connectivity index (χ1) is 8.25. The number of hydrogen-bond acceptors (Lipinski definition) is 3. The summed E-state index contributed by atoms with van der Waals surface area (Å²) < 4.78 is 0. The lowest BCUT2D eigenvalue weighted by Gasteiger charge is -2.06. The molecule has 3 heteroatoms. The van der Waals surface area contributed by atoms with E-state index >= 15 is 0 Å². The van der Waals surface area contributed by atoms with Gasteiger partial charge in [0.2, 0.25) is 0 Å². The van der Waals surface area contributed by atoms with Crippen LogP contribution >= 0.6 is 11.3 Å². The Labute approximate surface area is 105 Å². The SMILES string of the molecule is Cc1ccccc1-c1nc(C2(CO)CC2)cs1. The van der Waals surface area contributed by atoms with Crippen LogP contribution in [0, 0.1) is 6.92 Å². The van der Waals surface area contributed by atoms with Crippen LogP contribution in [0.1, 0.15) is 24.1 Å². The molecule has 0 saturated heterocycles. The number of rotatable bonds is 3. The summed E-state index contributed by atoms with van der Waals surface area (Å²) in [6, 6.07) is 8.30. The molecule has 0 spiro atoms. The third-order valence-corrected chi connectivity index (χ3v) is 4.45. The summed E-state index contributed by atoms with van der Waals surface area (Å²) in [5.74, 6) is 0. The molecule has 3 rings (SSSR count). The highest BCUT2D eigenvalue weighted by atomic mass is 32.1. The Hall–Kier alpha value is -1.19. The van der Waals surface area contributed by atoms with Crippen molar-refractivity contribution < 1.29 is 5.11 Å². The fourth-order valence-electron chi connectivity index (χ4n) is 2.10. The van der Waals surface area contributed by atoms with Gasteiger partial charge in [0.1, 0.15) is 5.01 Å². The molecule has 1 aromatic carbocycles. The van der Waals surface area contributed by atoms with Crippen LogP contribution in [0.5, 0.6) is 0 Å². The molecule has 1 fully saturated rings. The zero-order valence-electron chi connectivity index (χ0n) is 9.81. The molecule has 1 aliphatic carbocycles. The maximum absolute atomic E-state index is 9.41. The van der Waals surface area contributed by atoms with Gasteiger partial charge in [0.25, 0.3) is 0 Å². The van der Waals surface area contributed by atoms with E-state index < -0.39 is 0 Å². The van der Waals surface area contributed by atoms with E-state index in [1.54, 1.807) is 11.3 Å². The number of aryl methyl sites for hydroxylation is 1. The molecule has 0 bridgehead atoms. The Morgan fingerprint density at radius 2 is 2.12 bits per heavy atom. The summed E-state index contributed by atoms with van der Waals surface area (Å²) >= 11 is 1.68. The number of aliphatic hydroxyl groups excluding tert-OH is 1. The van der Waals surface area contributed by atoms with Crippen molar-refractivity contribution in [2.24, 2.45) is 0 Å². The zero-order valence-corrected chi connectivity index (χ0v) is 10.6. The van der Waals surface area contributed by atoms with Crippen molar-refractivity contribution in [1.82, 2.24) is 4.98 Å². The van der Waals surface area contributed by atoms with Crippen LogP contribution in [0.2, 0.25) is 0 Å². The van der Waals surface area contributed by atoms with E-state index in [2.05, 4.69) is 24.4 Å². The van der Waals surface area contributed by atoms with Crippen molar-refractivity contribution in [2.45, 2.75) is 25.2 Å². The van der Waals surface area contributed by atoms with Gasteiger partial charge < -0.3 is 5.11 Å². The first-order valence-electron chi connectivity index (χ1n) is 5.88. The summed E-state index contributed by atoms with van der Waals surface area (Å²) in [5.41, 5.74) is 3.51.